The van der Waals surface area contributed by atoms with E-state index in [9.17, 15) is 4.79 Å². The van der Waals surface area contributed by atoms with Crippen LogP contribution in [0.25, 0.3) is 0 Å². The molecule has 1 aromatic carbocycles. The minimum absolute atomic E-state index is 0.276. The Morgan fingerprint density at radius 3 is 2.71 bits per heavy atom. The Labute approximate surface area is 132 Å². The van der Waals surface area contributed by atoms with E-state index in [4.69, 9.17) is 16.3 Å². The van der Waals surface area contributed by atoms with Gasteiger partial charge >= 0.3 is 0 Å². The van der Waals surface area contributed by atoms with E-state index in [0.717, 1.165) is 5.01 Å². The quantitative estimate of drug-likeness (QED) is 0.910. The van der Waals surface area contributed by atoms with Crippen molar-refractivity contribution in [3.63, 3.8) is 0 Å². The largest absolute Gasteiger partial charge is 0.481 e. The Morgan fingerprint density at radius 2 is 2.10 bits per heavy atom. The van der Waals surface area contributed by atoms with Gasteiger partial charge in [-0.1, -0.05) is 42.9 Å². The van der Waals surface area contributed by atoms with Crippen LogP contribution >= 0.6 is 22.9 Å². The molecular formula is C14H16ClN3O2S. The summed E-state index contributed by atoms with van der Waals surface area (Å²) in [6.07, 6.45) is -0.658. The Morgan fingerprint density at radius 1 is 1.33 bits per heavy atom. The van der Waals surface area contributed by atoms with Gasteiger partial charge in [0.2, 0.25) is 5.13 Å². The fourth-order valence-electron chi connectivity index (χ4n) is 1.52. The van der Waals surface area contributed by atoms with Gasteiger partial charge in [0, 0.05) is 10.9 Å². The molecule has 1 amide bonds. The van der Waals surface area contributed by atoms with E-state index in [1.165, 1.54) is 11.3 Å². The molecule has 1 atom stereocenters. The molecule has 0 unspecified atom stereocenters. The average molecular weight is 326 g/mol. The van der Waals surface area contributed by atoms with Crippen LogP contribution in [0.15, 0.2) is 24.3 Å². The monoisotopic (exact) mass is 325 g/mol. The SMILES string of the molecule is CC(C)c1nnc(NC(=O)[C@@H](C)Oc2cccc(Cl)c2)s1. The van der Waals surface area contributed by atoms with Crippen LogP contribution in [0.5, 0.6) is 5.75 Å². The van der Waals surface area contributed by atoms with Crippen molar-refractivity contribution in [2.45, 2.75) is 32.8 Å². The second-order valence-corrected chi connectivity index (χ2v) is 6.25. The molecule has 112 valence electrons. The molecule has 0 aliphatic heterocycles. The zero-order chi connectivity index (χ0) is 15.4. The molecule has 0 bridgehead atoms. The van der Waals surface area contributed by atoms with E-state index in [2.05, 4.69) is 15.5 Å². The molecule has 0 fully saturated rings. The van der Waals surface area contributed by atoms with Gasteiger partial charge in [0.1, 0.15) is 10.8 Å². The summed E-state index contributed by atoms with van der Waals surface area (Å²) in [5.41, 5.74) is 0. The number of anilines is 1. The van der Waals surface area contributed by atoms with Crippen molar-refractivity contribution in [1.82, 2.24) is 10.2 Å². The molecule has 0 saturated heterocycles. The average Bonchev–Trinajstić information content (AvgIpc) is 2.87. The first kappa shape index (κ1) is 15.7. The number of benzene rings is 1. The molecule has 0 spiro atoms. The van der Waals surface area contributed by atoms with Crippen LogP contribution in [0, 0.1) is 0 Å². The second kappa shape index (κ2) is 6.87. The number of amides is 1. The third-order valence-corrected chi connectivity index (χ3v) is 4.02. The third kappa shape index (κ3) is 4.41. The van der Waals surface area contributed by atoms with Crippen LogP contribution in [0.1, 0.15) is 31.7 Å². The minimum Gasteiger partial charge on any atom is -0.481 e. The maximum Gasteiger partial charge on any atom is 0.266 e. The van der Waals surface area contributed by atoms with Crippen LogP contribution < -0.4 is 10.1 Å². The van der Waals surface area contributed by atoms with E-state index in [-0.39, 0.29) is 11.8 Å². The number of carbonyl (C=O) groups is 1. The number of ether oxygens (including phenoxy) is 1. The first-order valence-corrected chi connectivity index (χ1v) is 7.71. The lowest BCUT2D eigenvalue weighted by Gasteiger charge is -2.13. The number of hydrogen-bond acceptors (Lipinski definition) is 5. The molecular weight excluding hydrogens is 310 g/mol. The van der Waals surface area contributed by atoms with Gasteiger partial charge in [-0.2, -0.15) is 0 Å². The molecule has 0 radical (unpaired) electrons. The van der Waals surface area contributed by atoms with Crippen LogP contribution in [-0.4, -0.2) is 22.2 Å². The van der Waals surface area contributed by atoms with Crippen LogP contribution in [0.3, 0.4) is 0 Å². The van der Waals surface area contributed by atoms with Crippen molar-refractivity contribution in [2.24, 2.45) is 0 Å². The molecule has 1 aromatic heterocycles. The smallest absolute Gasteiger partial charge is 0.266 e. The van der Waals surface area contributed by atoms with E-state index >= 15 is 0 Å². The number of nitrogens with zero attached hydrogens (tertiary/aromatic N) is 2. The van der Waals surface area contributed by atoms with Gasteiger partial charge in [0.25, 0.3) is 5.91 Å². The molecule has 0 aliphatic carbocycles. The zero-order valence-electron chi connectivity index (χ0n) is 12.0. The predicted molar refractivity (Wildman–Crippen MR) is 84.2 cm³/mol. The van der Waals surface area contributed by atoms with Crippen molar-refractivity contribution >= 4 is 34.0 Å². The van der Waals surface area contributed by atoms with Crippen LogP contribution in [-0.2, 0) is 4.79 Å². The van der Waals surface area contributed by atoms with Crippen molar-refractivity contribution in [1.29, 1.82) is 0 Å². The van der Waals surface area contributed by atoms with Gasteiger partial charge in [0.05, 0.1) is 0 Å². The number of carbonyl (C=O) groups excluding carboxylic acids is 1. The summed E-state index contributed by atoms with van der Waals surface area (Å²) in [6, 6.07) is 6.92. The molecule has 0 saturated carbocycles. The van der Waals surface area contributed by atoms with Crippen molar-refractivity contribution in [2.75, 3.05) is 5.32 Å². The third-order valence-electron chi connectivity index (χ3n) is 2.64. The molecule has 1 N–H and O–H groups in total. The summed E-state index contributed by atoms with van der Waals surface area (Å²) in [6.45, 7) is 5.72. The van der Waals surface area contributed by atoms with Crippen molar-refractivity contribution < 1.29 is 9.53 Å². The fraction of sp³-hybridized carbons (Fsp3) is 0.357. The van der Waals surface area contributed by atoms with Gasteiger partial charge in [0.15, 0.2) is 6.10 Å². The zero-order valence-corrected chi connectivity index (χ0v) is 13.5. The maximum absolute atomic E-state index is 12.1. The van der Waals surface area contributed by atoms with E-state index < -0.39 is 6.10 Å². The van der Waals surface area contributed by atoms with Crippen molar-refractivity contribution in [3.05, 3.63) is 34.3 Å². The number of rotatable bonds is 5. The van der Waals surface area contributed by atoms with E-state index in [1.54, 1.807) is 31.2 Å². The molecule has 2 aromatic rings. The first-order valence-electron chi connectivity index (χ1n) is 6.52. The summed E-state index contributed by atoms with van der Waals surface area (Å²) >= 11 is 7.24. The summed E-state index contributed by atoms with van der Waals surface area (Å²) in [5.74, 6) is 0.556. The Hall–Kier alpha value is -1.66. The Balaban J connectivity index is 1.95. The van der Waals surface area contributed by atoms with Gasteiger partial charge in [-0.15, -0.1) is 10.2 Å². The van der Waals surface area contributed by atoms with E-state index in [0.29, 0.717) is 15.9 Å². The Kier molecular flexibility index (Phi) is 5.14. The van der Waals surface area contributed by atoms with E-state index in [1.807, 2.05) is 13.8 Å². The second-order valence-electron chi connectivity index (χ2n) is 4.81. The molecule has 21 heavy (non-hydrogen) atoms. The minimum atomic E-state index is -0.658. The standard InChI is InChI=1S/C14H16ClN3O2S/c1-8(2)13-17-18-14(21-13)16-12(19)9(3)20-11-6-4-5-10(15)7-11/h4-9H,1-3H3,(H,16,18,19)/t9-/m1/s1. The van der Waals surface area contributed by atoms with Crippen LogP contribution in [0.2, 0.25) is 5.02 Å². The molecule has 5 nitrogen and oxygen atoms in total. The van der Waals surface area contributed by atoms with Gasteiger partial charge in [-0.25, -0.2) is 0 Å². The molecule has 1 heterocycles. The topological polar surface area (TPSA) is 64.1 Å². The van der Waals surface area contributed by atoms with Crippen molar-refractivity contribution in [3.8, 4) is 5.75 Å². The summed E-state index contributed by atoms with van der Waals surface area (Å²) in [5, 5.41) is 12.6. The molecule has 7 heteroatoms. The lowest BCUT2D eigenvalue weighted by Crippen LogP contribution is -2.30. The summed E-state index contributed by atoms with van der Waals surface area (Å²) in [7, 11) is 0. The predicted octanol–water partition coefficient (Wildman–Crippen LogP) is 3.72. The highest BCUT2D eigenvalue weighted by Gasteiger charge is 2.17. The highest BCUT2D eigenvalue weighted by Crippen LogP contribution is 2.23. The lowest BCUT2D eigenvalue weighted by atomic mass is 10.2. The number of hydrogen-bond donors (Lipinski definition) is 1. The summed E-state index contributed by atoms with van der Waals surface area (Å²) < 4.78 is 5.54. The maximum atomic E-state index is 12.1. The Bertz CT molecular complexity index is 630. The highest BCUT2D eigenvalue weighted by molar-refractivity contribution is 7.15. The normalized spacial score (nSPS) is 12.2. The molecule has 0 aliphatic rings. The lowest BCUT2D eigenvalue weighted by molar-refractivity contribution is -0.122. The van der Waals surface area contributed by atoms with Gasteiger partial charge in [-0.05, 0) is 25.1 Å². The first-order chi connectivity index (χ1) is 9.95. The van der Waals surface area contributed by atoms with Crippen LogP contribution in [0.4, 0.5) is 5.13 Å². The van der Waals surface area contributed by atoms with Gasteiger partial charge in [-0.3, -0.25) is 10.1 Å². The number of halogens is 1. The molecule has 2 rings (SSSR count). The summed E-state index contributed by atoms with van der Waals surface area (Å²) in [4.78, 5) is 12.1. The highest BCUT2D eigenvalue weighted by atomic mass is 35.5. The number of aromatic nitrogens is 2. The number of nitrogens with one attached hydrogen (secondary N) is 1. The fourth-order valence-corrected chi connectivity index (χ4v) is 2.45. The van der Waals surface area contributed by atoms with Gasteiger partial charge < -0.3 is 4.74 Å².